The monoisotopic (exact) mass is 377 g/mol. The molecular weight excluding hydrogens is 356 g/mol. The molecule has 0 aromatic heterocycles. The molecule has 4 nitrogen and oxygen atoms in total. The van der Waals surface area contributed by atoms with Crippen LogP contribution in [0, 0.1) is 11.6 Å². The van der Waals surface area contributed by atoms with Crippen LogP contribution in [0.15, 0.2) is 48.5 Å². The summed E-state index contributed by atoms with van der Waals surface area (Å²) in [5.41, 5.74) is 1.74. The molecule has 0 spiro atoms. The van der Waals surface area contributed by atoms with Gasteiger partial charge in [-0.3, -0.25) is 4.90 Å². The zero-order valence-corrected chi connectivity index (χ0v) is 15.1. The van der Waals surface area contributed by atoms with Crippen LogP contribution in [0.1, 0.15) is 11.6 Å². The highest BCUT2D eigenvalue weighted by atomic mass is 32.1. The first-order valence-electron chi connectivity index (χ1n) is 8.49. The van der Waals surface area contributed by atoms with Crippen LogP contribution in [0.2, 0.25) is 0 Å². The van der Waals surface area contributed by atoms with E-state index in [1.54, 1.807) is 24.3 Å². The van der Waals surface area contributed by atoms with Crippen molar-refractivity contribution in [3.8, 4) is 0 Å². The van der Waals surface area contributed by atoms with Crippen molar-refractivity contribution in [1.82, 2.24) is 10.2 Å². The highest BCUT2D eigenvalue weighted by Crippen LogP contribution is 2.21. The molecule has 2 N–H and O–H groups in total. The largest absolute Gasteiger partial charge is 0.379 e. The minimum atomic E-state index is -0.293. The molecule has 3 rings (SSSR count). The van der Waals surface area contributed by atoms with Gasteiger partial charge >= 0.3 is 0 Å². The number of ether oxygens (including phenoxy) is 1. The Morgan fingerprint density at radius 3 is 2.19 bits per heavy atom. The molecule has 0 radical (unpaired) electrons. The lowest BCUT2D eigenvalue weighted by molar-refractivity contribution is 0.0170. The molecule has 26 heavy (non-hydrogen) atoms. The molecule has 1 aliphatic heterocycles. The van der Waals surface area contributed by atoms with Crippen LogP contribution in [-0.2, 0) is 4.74 Å². The highest BCUT2D eigenvalue weighted by molar-refractivity contribution is 7.80. The average molecular weight is 377 g/mol. The van der Waals surface area contributed by atoms with E-state index >= 15 is 0 Å². The second kappa shape index (κ2) is 9.02. The van der Waals surface area contributed by atoms with Crippen LogP contribution in [0.3, 0.4) is 0 Å². The molecule has 1 heterocycles. The van der Waals surface area contributed by atoms with Crippen molar-refractivity contribution in [2.45, 2.75) is 6.04 Å². The first-order valence-corrected chi connectivity index (χ1v) is 8.90. The van der Waals surface area contributed by atoms with Gasteiger partial charge in [-0.25, -0.2) is 8.78 Å². The topological polar surface area (TPSA) is 36.5 Å². The van der Waals surface area contributed by atoms with Crippen LogP contribution in [-0.4, -0.2) is 42.9 Å². The Morgan fingerprint density at radius 1 is 1.00 bits per heavy atom. The lowest BCUT2D eigenvalue weighted by Crippen LogP contribution is -2.44. The maximum Gasteiger partial charge on any atom is 0.170 e. The second-order valence-electron chi connectivity index (χ2n) is 6.06. The van der Waals surface area contributed by atoms with Gasteiger partial charge in [0.1, 0.15) is 11.6 Å². The Hall–Kier alpha value is -2.09. The van der Waals surface area contributed by atoms with E-state index < -0.39 is 0 Å². The van der Waals surface area contributed by atoms with Crippen molar-refractivity contribution in [3.05, 3.63) is 65.7 Å². The molecule has 0 saturated carbocycles. The quantitative estimate of drug-likeness (QED) is 0.782. The van der Waals surface area contributed by atoms with Crippen LogP contribution in [0.5, 0.6) is 0 Å². The van der Waals surface area contributed by atoms with Crippen LogP contribution in [0.25, 0.3) is 0 Å². The first-order chi connectivity index (χ1) is 12.6. The number of benzene rings is 2. The van der Waals surface area contributed by atoms with E-state index in [4.69, 9.17) is 17.0 Å². The highest BCUT2D eigenvalue weighted by Gasteiger charge is 2.22. The normalized spacial score (nSPS) is 16.1. The maximum absolute atomic E-state index is 13.3. The maximum atomic E-state index is 13.3. The van der Waals surface area contributed by atoms with E-state index in [1.807, 2.05) is 0 Å². The van der Waals surface area contributed by atoms with Crippen molar-refractivity contribution in [2.75, 3.05) is 38.2 Å². The molecule has 2 aromatic rings. The Bertz CT molecular complexity index is 719. The van der Waals surface area contributed by atoms with E-state index in [0.29, 0.717) is 30.6 Å². The number of anilines is 1. The Balaban J connectivity index is 1.64. The number of nitrogens with one attached hydrogen (secondary N) is 2. The van der Waals surface area contributed by atoms with E-state index in [0.717, 1.165) is 18.7 Å². The Kier molecular flexibility index (Phi) is 6.49. The summed E-state index contributed by atoms with van der Waals surface area (Å²) in [5, 5.41) is 6.70. The standard InChI is InChI=1S/C19H21F2N3OS/c20-15-3-1-14(2-4-15)18(24-9-11-25-12-10-24)13-22-19(26)23-17-7-5-16(21)6-8-17/h1-8,18H,9-13H2,(H2,22,23,26)/t18-/m0/s1. The molecule has 0 unspecified atom stereocenters. The average Bonchev–Trinajstić information content (AvgIpc) is 2.66. The molecule has 1 fully saturated rings. The third-order valence-corrected chi connectivity index (χ3v) is 4.55. The van der Waals surface area contributed by atoms with E-state index in [2.05, 4.69) is 15.5 Å². The van der Waals surface area contributed by atoms with Gasteiger partial charge in [-0.2, -0.15) is 0 Å². The molecule has 0 amide bonds. The predicted octanol–water partition coefficient (Wildman–Crippen LogP) is 3.32. The molecule has 138 valence electrons. The fraction of sp³-hybridized carbons (Fsp3) is 0.316. The van der Waals surface area contributed by atoms with Gasteiger partial charge in [0.25, 0.3) is 0 Å². The van der Waals surface area contributed by atoms with Gasteiger partial charge in [0.2, 0.25) is 0 Å². The van der Waals surface area contributed by atoms with Gasteiger partial charge < -0.3 is 15.4 Å². The molecule has 1 aliphatic rings. The minimum absolute atomic E-state index is 0.0486. The zero-order chi connectivity index (χ0) is 18.4. The molecule has 1 atom stereocenters. The molecule has 0 aliphatic carbocycles. The summed E-state index contributed by atoms with van der Waals surface area (Å²) in [6, 6.07) is 12.6. The Morgan fingerprint density at radius 2 is 1.58 bits per heavy atom. The summed E-state index contributed by atoms with van der Waals surface area (Å²) < 4.78 is 31.7. The van der Waals surface area contributed by atoms with E-state index in [9.17, 15) is 8.78 Å². The third kappa shape index (κ3) is 5.20. The lowest BCUT2D eigenvalue weighted by atomic mass is 10.0. The summed E-state index contributed by atoms with van der Waals surface area (Å²) in [6.45, 7) is 3.54. The van der Waals surface area contributed by atoms with Crippen molar-refractivity contribution in [1.29, 1.82) is 0 Å². The molecule has 7 heteroatoms. The first kappa shape index (κ1) is 18.7. The van der Waals surface area contributed by atoms with Gasteiger partial charge in [0.05, 0.1) is 19.3 Å². The second-order valence-corrected chi connectivity index (χ2v) is 6.47. The van der Waals surface area contributed by atoms with Gasteiger partial charge in [0.15, 0.2) is 5.11 Å². The van der Waals surface area contributed by atoms with Gasteiger partial charge in [-0.05, 0) is 54.2 Å². The van der Waals surface area contributed by atoms with Crippen molar-refractivity contribution in [3.63, 3.8) is 0 Å². The zero-order valence-electron chi connectivity index (χ0n) is 14.3. The number of hydrogen-bond donors (Lipinski definition) is 2. The molecule has 0 bridgehead atoms. The number of morpholine rings is 1. The van der Waals surface area contributed by atoms with Crippen LogP contribution < -0.4 is 10.6 Å². The summed E-state index contributed by atoms with van der Waals surface area (Å²) in [7, 11) is 0. The number of hydrogen-bond acceptors (Lipinski definition) is 3. The minimum Gasteiger partial charge on any atom is -0.379 e. The van der Waals surface area contributed by atoms with Crippen molar-refractivity contribution in [2.24, 2.45) is 0 Å². The van der Waals surface area contributed by atoms with Gasteiger partial charge in [-0.15, -0.1) is 0 Å². The number of halogens is 2. The SMILES string of the molecule is Fc1ccc(NC(=S)NC[C@@H](c2ccc(F)cc2)N2CCOCC2)cc1. The summed E-state index contributed by atoms with van der Waals surface area (Å²) in [6.07, 6.45) is 0. The smallest absolute Gasteiger partial charge is 0.170 e. The lowest BCUT2D eigenvalue weighted by Gasteiger charge is -2.35. The summed E-state index contributed by atoms with van der Waals surface area (Å²) >= 11 is 5.34. The fourth-order valence-corrected chi connectivity index (χ4v) is 3.13. The number of nitrogens with zero attached hydrogens (tertiary/aromatic N) is 1. The van der Waals surface area contributed by atoms with Gasteiger partial charge in [0, 0.05) is 25.3 Å². The van der Waals surface area contributed by atoms with E-state index in [1.165, 1.54) is 24.3 Å². The molecule has 1 saturated heterocycles. The fourth-order valence-electron chi connectivity index (χ4n) is 2.93. The van der Waals surface area contributed by atoms with Crippen LogP contribution >= 0.6 is 12.2 Å². The predicted molar refractivity (Wildman–Crippen MR) is 102 cm³/mol. The Labute approximate surface area is 157 Å². The third-order valence-electron chi connectivity index (χ3n) is 4.30. The van der Waals surface area contributed by atoms with Crippen molar-refractivity contribution < 1.29 is 13.5 Å². The summed E-state index contributed by atoms with van der Waals surface area (Å²) in [5.74, 6) is -0.547. The van der Waals surface area contributed by atoms with Crippen LogP contribution in [0.4, 0.5) is 14.5 Å². The van der Waals surface area contributed by atoms with Crippen molar-refractivity contribution >= 4 is 23.0 Å². The summed E-state index contributed by atoms with van der Waals surface area (Å²) in [4.78, 5) is 2.30. The van der Waals surface area contributed by atoms with E-state index in [-0.39, 0.29) is 17.7 Å². The number of thiocarbonyl (C=S) groups is 1. The number of rotatable bonds is 5. The molecule has 2 aromatic carbocycles. The van der Waals surface area contributed by atoms with Gasteiger partial charge in [-0.1, -0.05) is 12.1 Å². The molecular formula is C19H21F2N3OS.